The summed E-state index contributed by atoms with van der Waals surface area (Å²) in [6, 6.07) is 13.0. The minimum atomic E-state index is -4.88. The van der Waals surface area contributed by atoms with E-state index in [0.29, 0.717) is 25.5 Å². The van der Waals surface area contributed by atoms with E-state index < -0.39 is 23.5 Å². The molecule has 1 aliphatic rings. The van der Waals surface area contributed by atoms with E-state index >= 15 is 0 Å². The van der Waals surface area contributed by atoms with E-state index in [0.717, 1.165) is 28.8 Å². The number of hydrogen-bond donors (Lipinski definition) is 0. The van der Waals surface area contributed by atoms with E-state index in [1.807, 2.05) is 41.3 Å². The first-order valence-corrected chi connectivity index (χ1v) is 10.3. The number of halogens is 6. The highest BCUT2D eigenvalue weighted by molar-refractivity contribution is 5.68. The standard InChI is InChI=1S/C24H20F6N2O/c25-23(26,27)18-11-16(12-19(13-18)24(28,29)30)14-32-9-4-10-33-22-21(15-32)20(7-8-31-22)17-5-2-1-3-6-17/h1-3,5-8,11-13H,4,9-10,14-15H2. The van der Waals surface area contributed by atoms with Crippen LogP contribution >= 0.6 is 0 Å². The van der Waals surface area contributed by atoms with Crippen LogP contribution in [-0.4, -0.2) is 23.0 Å². The average Bonchev–Trinajstić information content (AvgIpc) is 2.74. The van der Waals surface area contributed by atoms with Crippen molar-refractivity contribution in [2.45, 2.75) is 31.9 Å². The van der Waals surface area contributed by atoms with Crippen LogP contribution < -0.4 is 4.74 Å². The summed E-state index contributed by atoms with van der Waals surface area (Å²) in [5.74, 6) is 0.418. The first-order chi connectivity index (χ1) is 15.6. The van der Waals surface area contributed by atoms with Gasteiger partial charge in [0.15, 0.2) is 0 Å². The molecular formula is C24H20F6N2O. The second-order valence-corrected chi connectivity index (χ2v) is 7.84. The van der Waals surface area contributed by atoms with E-state index in [1.165, 1.54) is 0 Å². The summed E-state index contributed by atoms with van der Waals surface area (Å²) in [7, 11) is 0. The zero-order valence-corrected chi connectivity index (χ0v) is 17.4. The monoisotopic (exact) mass is 466 g/mol. The third kappa shape index (κ3) is 5.47. The zero-order valence-electron chi connectivity index (χ0n) is 17.4. The minimum Gasteiger partial charge on any atom is -0.477 e. The number of ether oxygens (including phenoxy) is 1. The molecule has 0 saturated heterocycles. The van der Waals surface area contributed by atoms with Crippen molar-refractivity contribution < 1.29 is 31.1 Å². The fraction of sp³-hybridized carbons (Fsp3) is 0.292. The van der Waals surface area contributed by atoms with Gasteiger partial charge in [0.1, 0.15) is 0 Å². The molecular weight excluding hydrogens is 446 g/mol. The Morgan fingerprint density at radius 1 is 0.879 bits per heavy atom. The Kier molecular flexibility index (Phi) is 6.34. The highest BCUT2D eigenvalue weighted by atomic mass is 19.4. The van der Waals surface area contributed by atoms with E-state index in [9.17, 15) is 26.3 Å². The third-order valence-corrected chi connectivity index (χ3v) is 5.39. The number of fused-ring (bicyclic) bond motifs is 1. The van der Waals surface area contributed by atoms with Gasteiger partial charge in [0.2, 0.25) is 5.88 Å². The summed E-state index contributed by atoms with van der Waals surface area (Å²) in [4.78, 5) is 6.12. The van der Waals surface area contributed by atoms with Crippen LogP contribution in [0.25, 0.3) is 11.1 Å². The number of nitrogens with zero attached hydrogens (tertiary/aromatic N) is 2. The van der Waals surface area contributed by atoms with Crippen LogP contribution in [0.4, 0.5) is 26.3 Å². The normalized spacial score (nSPS) is 15.3. The van der Waals surface area contributed by atoms with Gasteiger partial charge in [0.25, 0.3) is 0 Å². The van der Waals surface area contributed by atoms with Gasteiger partial charge in [0.05, 0.1) is 17.7 Å². The van der Waals surface area contributed by atoms with Crippen LogP contribution in [0.15, 0.2) is 60.8 Å². The van der Waals surface area contributed by atoms with E-state index in [2.05, 4.69) is 4.98 Å². The average molecular weight is 466 g/mol. The van der Waals surface area contributed by atoms with E-state index in [-0.39, 0.29) is 24.7 Å². The van der Waals surface area contributed by atoms with E-state index in [4.69, 9.17) is 4.74 Å². The first kappa shape index (κ1) is 23.1. The van der Waals surface area contributed by atoms with E-state index in [1.54, 1.807) is 6.20 Å². The fourth-order valence-electron chi connectivity index (χ4n) is 3.90. The maximum Gasteiger partial charge on any atom is 0.416 e. The summed E-state index contributed by atoms with van der Waals surface area (Å²) in [6.07, 6.45) is -7.58. The van der Waals surface area contributed by atoms with Crippen LogP contribution in [0, 0.1) is 0 Å². The Hall–Kier alpha value is -3.07. The second kappa shape index (κ2) is 9.05. The van der Waals surface area contributed by atoms with Crippen molar-refractivity contribution >= 4 is 0 Å². The Labute approximate surface area is 186 Å². The lowest BCUT2D eigenvalue weighted by Gasteiger charge is -2.28. The molecule has 0 atom stereocenters. The fourth-order valence-corrected chi connectivity index (χ4v) is 3.90. The summed E-state index contributed by atoms with van der Waals surface area (Å²) < 4.78 is 85.4. The molecule has 0 saturated carbocycles. The van der Waals surface area contributed by atoms with Crippen LogP contribution in [0.1, 0.15) is 28.7 Å². The molecule has 0 spiro atoms. The van der Waals surface area contributed by atoms with Crippen LogP contribution in [0.2, 0.25) is 0 Å². The second-order valence-electron chi connectivity index (χ2n) is 7.84. The number of aromatic nitrogens is 1. The first-order valence-electron chi connectivity index (χ1n) is 10.3. The molecule has 1 aromatic heterocycles. The molecule has 174 valence electrons. The topological polar surface area (TPSA) is 25.4 Å². The summed E-state index contributed by atoms with van der Waals surface area (Å²) in [5.41, 5.74) is -0.160. The molecule has 0 aliphatic carbocycles. The van der Waals surface area contributed by atoms with Crippen molar-refractivity contribution in [3.05, 3.63) is 83.0 Å². The van der Waals surface area contributed by atoms with Crippen molar-refractivity contribution in [1.82, 2.24) is 9.88 Å². The van der Waals surface area contributed by atoms with Crippen LogP contribution in [0.5, 0.6) is 5.88 Å². The molecule has 0 radical (unpaired) electrons. The maximum atomic E-state index is 13.3. The van der Waals surface area contributed by atoms with Gasteiger partial charge in [-0.2, -0.15) is 26.3 Å². The Balaban J connectivity index is 1.70. The van der Waals surface area contributed by atoms with Gasteiger partial charge in [-0.05, 0) is 47.4 Å². The molecule has 0 amide bonds. The largest absolute Gasteiger partial charge is 0.477 e. The van der Waals surface area contributed by atoms with Crippen molar-refractivity contribution in [3.8, 4) is 17.0 Å². The molecule has 1 aliphatic heterocycles. The quantitative estimate of drug-likeness (QED) is 0.408. The van der Waals surface area contributed by atoms with Gasteiger partial charge in [-0.1, -0.05) is 30.3 Å². The molecule has 9 heteroatoms. The number of alkyl halides is 6. The number of benzene rings is 2. The number of pyridine rings is 1. The lowest BCUT2D eigenvalue weighted by atomic mass is 10.00. The van der Waals surface area contributed by atoms with Crippen molar-refractivity contribution in [3.63, 3.8) is 0 Å². The van der Waals surface area contributed by atoms with Crippen LogP contribution in [0.3, 0.4) is 0 Å². The molecule has 0 N–H and O–H groups in total. The van der Waals surface area contributed by atoms with Gasteiger partial charge in [-0.25, -0.2) is 4.98 Å². The predicted molar refractivity (Wildman–Crippen MR) is 110 cm³/mol. The third-order valence-electron chi connectivity index (χ3n) is 5.39. The Morgan fingerprint density at radius 2 is 1.55 bits per heavy atom. The lowest BCUT2D eigenvalue weighted by molar-refractivity contribution is -0.143. The van der Waals surface area contributed by atoms with Crippen molar-refractivity contribution in [2.24, 2.45) is 0 Å². The molecule has 4 rings (SSSR count). The Bertz CT molecular complexity index is 1080. The molecule has 2 heterocycles. The van der Waals surface area contributed by atoms with Crippen LogP contribution in [-0.2, 0) is 25.4 Å². The highest BCUT2D eigenvalue weighted by Gasteiger charge is 2.37. The molecule has 0 bridgehead atoms. The van der Waals surface area contributed by atoms with Crippen molar-refractivity contribution in [1.29, 1.82) is 0 Å². The van der Waals surface area contributed by atoms with Crippen molar-refractivity contribution in [2.75, 3.05) is 13.2 Å². The smallest absolute Gasteiger partial charge is 0.416 e. The molecule has 3 aromatic rings. The SMILES string of the molecule is FC(F)(F)c1cc(CN2CCCOc3nccc(-c4ccccc4)c3C2)cc(C(F)(F)F)c1. The number of hydrogen-bond acceptors (Lipinski definition) is 3. The summed E-state index contributed by atoms with van der Waals surface area (Å²) >= 11 is 0. The highest BCUT2D eigenvalue weighted by Crippen LogP contribution is 2.37. The van der Waals surface area contributed by atoms with Gasteiger partial charge in [-0.3, -0.25) is 4.90 Å². The minimum absolute atomic E-state index is 0.0506. The lowest BCUT2D eigenvalue weighted by Crippen LogP contribution is -2.28. The van der Waals surface area contributed by atoms with Gasteiger partial charge in [-0.15, -0.1) is 0 Å². The molecule has 0 unspecified atom stereocenters. The summed E-state index contributed by atoms with van der Waals surface area (Å²) in [5, 5.41) is 0. The van der Waals surface area contributed by atoms with Gasteiger partial charge < -0.3 is 4.74 Å². The maximum absolute atomic E-state index is 13.3. The zero-order chi connectivity index (χ0) is 23.6. The molecule has 33 heavy (non-hydrogen) atoms. The summed E-state index contributed by atoms with van der Waals surface area (Å²) in [6.45, 7) is 0.978. The van der Waals surface area contributed by atoms with Gasteiger partial charge in [0, 0.05) is 31.4 Å². The number of rotatable bonds is 3. The molecule has 2 aromatic carbocycles. The molecule has 3 nitrogen and oxygen atoms in total. The Morgan fingerprint density at radius 3 is 2.18 bits per heavy atom. The predicted octanol–water partition coefficient (Wildman–Crippen LogP) is 6.57. The molecule has 0 fully saturated rings. The van der Waals surface area contributed by atoms with Gasteiger partial charge >= 0.3 is 12.4 Å².